The molecule has 3 N–H and O–H groups in total. The lowest BCUT2D eigenvalue weighted by molar-refractivity contribution is -0.127. The molecular formula is C19H22N2O4. The van der Waals surface area contributed by atoms with E-state index in [1.165, 1.54) is 12.1 Å². The molecule has 0 aliphatic heterocycles. The Morgan fingerprint density at radius 3 is 2.44 bits per heavy atom. The first kappa shape index (κ1) is 18.3. The van der Waals surface area contributed by atoms with Crippen molar-refractivity contribution in [2.45, 2.75) is 20.0 Å². The van der Waals surface area contributed by atoms with Crippen molar-refractivity contribution >= 4 is 11.8 Å². The van der Waals surface area contributed by atoms with E-state index < -0.39 is 6.10 Å². The summed E-state index contributed by atoms with van der Waals surface area (Å²) in [4.78, 5) is 24.0. The third kappa shape index (κ3) is 5.84. The van der Waals surface area contributed by atoms with Crippen LogP contribution in [-0.2, 0) is 4.79 Å². The van der Waals surface area contributed by atoms with Crippen LogP contribution >= 0.6 is 0 Å². The van der Waals surface area contributed by atoms with Crippen molar-refractivity contribution in [3.8, 4) is 11.5 Å². The van der Waals surface area contributed by atoms with Crippen molar-refractivity contribution in [1.29, 1.82) is 0 Å². The number of carbonyl (C=O) groups excluding carboxylic acids is 2. The lowest BCUT2D eigenvalue weighted by atomic mass is 10.1. The molecule has 0 spiro atoms. The summed E-state index contributed by atoms with van der Waals surface area (Å²) in [7, 11) is 0. The summed E-state index contributed by atoms with van der Waals surface area (Å²) in [5.74, 6) is 0.172. The van der Waals surface area contributed by atoms with E-state index in [4.69, 9.17) is 4.74 Å². The number of phenolic OH excluding ortho intramolecular Hbond substituents is 1. The summed E-state index contributed by atoms with van der Waals surface area (Å²) in [6.07, 6.45) is -0.683. The first-order valence-corrected chi connectivity index (χ1v) is 8.04. The van der Waals surface area contributed by atoms with E-state index in [2.05, 4.69) is 10.6 Å². The standard InChI is InChI=1S/C19H22N2O4/c1-13-4-3-5-15(12-13)19(24)21-11-10-20-18(23)14(2)25-17-8-6-16(22)7-9-17/h3-9,12,14,22H,10-11H2,1-2H3,(H,20,23)(H,21,24). The molecule has 2 rings (SSSR count). The Morgan fingerprint density at radius 2 is 1.76 bits per heavy atom. The van der Waals surface area contributed by atoms with Gasteiger partial charge >= 0.3 is 0 Å². The van der Waals surface area contributed by atoms with E-state index >= 15 is 0 Å². The summed E-state index contributed by atoms with van der Waals surface area (Å²) in [5, 5.41) is 14.7. The topological polar surface area (TPSA) is 87.7 Å². The van der Waals surface area contributed by atoms with Gasteiger partial charge in [0, 0.05) is 18.7 Å². The fraction of sp³-hybridized carbons (Fsp3) is 0.263. The Kier molecular flexibility index (Phi) is 6.39. The number of aromatic hydroxyl groups is 1. The Balaban J connectivity index is 1.71. The molecule has 0 saturated carbocycles. The van der Waals surface area contributed by atoms with Gasteiger partial charge in [-0.3, -0.25) is 9.59 Å². The van der Waals surface area contributed by atoms with Crippen LogP contribution in [0.1, 0.15) is 22.8 Å². The van der Waals surface area contributed by atoms with Crippen LogP contribution in [0.25, 0.3) is 0 Å². The van der Waals surface area contributed by atoms with Crippen molar-refractivity contribution in [1.82, 2.24) is 10.6 Å². The van der Waals surface area contributed by atoms with Crippen LogP contribution in [0, 0.1) is 6.92 Å². The number of amides is 2. The number of benzene rings is 2. The first-order chi connectivity index (χ1) is 12.0. The summed E-state index contributed by atoms with van der Waals surface area (Å²) in [6.45, 7) is 4.18. The molecule has 1 atom stereocenters. The molecule has 25 heavy (non-hydrogen) atoms. The van der Waals surface area contributed by atoms with Gasteiger partial charge in [0.25, 0.3) is 11.8 Å². The van der Waals surface area contributed by atoms with Gasteiger partial charge in [-0.25, -0.2) is 0 Å². The molecule has 0 saturated heterocycles. The Labute approximate surface area is 146 Å². The highest BCUT2D eigenvalue weighted by Crippen LogP contribution is 2.17. The SMILES string of the molecule is Cc1cccc(C(=O)NCCNC(=O)C(C)Oc2ccc(O)cc2)c1. The minimum atomic E-state index is -0.683. The molecule has 0 radical (unpaired) electrons. The fourth-order valence-corrected chi connectivity index (χ4v) is 2.18. The predicted molar refractivity (Wildman–Crippen MR) is 94.7 cm³/mol. The summed E-state index contributed by atoms with van der Waals surface area (Å²) < 4.78 is 5.48. The maximum atomic E-state index is 12.0. The first-order valence-electron chi connectivity index (χ1n) is 8.04. The minimum Gasteiger partial charge on any atom is -0.508 e. The highest BCUT2D eigenvalue weighted by Gasteiger charge is 2.14. The smallest absolute Gasteiger partial charge is 0.260 e. The van der Waals surface area contributed by atoms with Crippen molar-refractivity contribution in [3.05, 3.63) is 59.7 Å². The maximum Gasteiger partial charge on any atom is 0.260 e. The molecule has 1 unspecified atom stereocenters. The molecule has 0 aliphatic rings. The minimum absolute atomic E-state index is 0.133. The number of phenols is 1. The number of rotatable bonds is 7. The second-order valence-corrected chi connectivity index (χ2v) is 5.67. The number of nitrogens with one attached hydrogen (secondary N) is 2. The summed E-state index contributed by atoms with van der Waals surface area (Å²) in [5.41, 5.74) is 1.61. The number of ether oxygens (including phenoxy) is 1. The van der Waals surface area contributed by atoms with Crippen molar-refractivity contribution in [2.75, 3.05) is 13.1 Å². The van der Waals surface area contributed by atoms with Crippen molar-refractivity contribution < 1.29 is 19.4 Å². The quantitative estimate of drug-likeness (QED) is 0.672. The van der Waals surface area contributed by atoms with E-state index in [1.807, 2.05) is 25.1 Å². The lowest BCUT2D eigenvalue weighted by Gasteiger charge is -2.15. The predicted octanol–water partition coefficient (Wildman–Crippen LogP) is 2.01. The van der Waals surface area contributed by atoms with Gasteiger partial charge in [0.2, 0.25) is 0 Å². The lowest BCUT2D eigenvalue weighted by Crippen LogP contribution is -2.40. The monoisotopic (exact) mass is 342 g/mol. The van der Waals surface area contributed by atoms with Crippen LogP contribution in [0.3, 0.4) is 0 Å². The third-order valence-corrected chi connectivity index (χ3v) is 3.51. The Morgan fingerprint density at radius 1 is 1.08 bits per heavy atom. The highest BCUT2D eigenvalue weighted by atomic mass is 16.5. The molecule has 0 aliphatic carbocycles. The zero-order chi connectivity index (χ0) is 18.2. The van der Waals surface area contributed by atoms with Gasteiger partial charge < -0.3 is 20.5 Å². The summed E-state index contributed by atoms with van der Waals surface area (Å²) >= 11 is 0. The van der Waals surface area contributed by atoms with E-state index in [1.54, 1.807) is 25.1 Å². The van der Waals surface area contributed by atoms with Gasteiger partial charge in [-0.15, -0.1) is 0 Å². The third-order valence-electron chi connectivity index (χ3n) is 3.51. The van der Waals surface area contributed by atoms with Gasteiger partial charge in [-0.2, -0.15) is 0 Å². The van der Waals surface area contributed by atoms with Gasteiger partial charge in [-0.05, 0) is 50.2 Å². The highest BCUT2D eigenvalue weighted by molar-refractivity contribution is 5.94. The van der Waals surface area contributed by atoms with Crippen molar-refractivity contribution in [2.24, 2.45) is 0 Å². The van der Waals surface area contributed by atoms with Crippen LogP contribution in [0.4, 0.5) is 0 Å². The zero-order valence-electron chi connectivity index (χ0n) is 14.3. The second-order valence-electron chi connectivity index (χ2n) is 5.67. The molecule has 6 heteroatoms. The molecule has 2 amide bonds. The average Bonchev–Trinajstić information content (AvgIpc) is 2.60. The number of aryl methyl sites for hydroxylation is 1. The van der Waals surface area contributed by atoms with Gasteiger partial charge in [-0.1, -0.05) is 17.7 Å². The molecule has 0 heterocycles. The molecule has 0 bridgehead atoms. The number of hydrogen-bond donors (Lipinski definition) is 3. The molecular weight excluding hydrogens is 320 g/mol. The van der Waals surface area contributed by atoms with E-state index in [0.29, 0.717) is 24.4 Å². The maximum absolute atomic E-state index is 12.0. The Bertz CT molecular complexity index is 728. The van der Waals surface area contributed by atoms with Crippen LogP contribution in [0.2, 0.25) is 0 Å². The molecule has 0 fully saturated rings. The molecule has 2 aromatic carbocycles. The van der Waals surface area contributed by atoms with E-state index in [-0.39, 0.29) is 17.6 Å². The van der Waals surface area contributed by atoms with Crippen LogP contribution in [-0.4, -0.2) is 36.1 Å². The van der Waals surface area contributed by atoms with Crippen LogP contribution < -0.4 is 15.4 Å². The largest absolute Gasteiger partial charge is 0.508 e. The second kappa shape index (κ2) is 8.73. The molecule has 6 nitrogen and oxygen atoms in total. The summed E-state index contributed by atoms with van der Waals surface area (Å²) in [6, 6.07) is 13.4. The molecule has 2 aromatic rings. The Hall–Kier alpha value is -3.02. The van der Waals surface area contributed by atoms with E-state index in [9.17, 15) is 14.7 Å². The number of carbonyl (C=O) groups is 2. The van der Waals surface area contributed by atoms with E-state index in [0.717, 1.165) is 5.56 Å². The number of hydrogen-bond acceptors (Lipinski definition) is 4. The normalized spacial score (nSPS) is 11.4. The molecule has 0 aromatic heterocycles. The van der Waals surface area contributed by atoms with Crippen LogP contribution in [0.5, 0.6) is 11.5 Å². The van der Waals surface area contributed by atoms with Crippen molar-refractivity contribution in [3.63, 3.8) is 0 Å². The van der Waals surface area contributed by atoms with Gasteiger partial charge in [0.05, 0.1) is 0 Å². The molecule has 132 valence electrons. The van der Waals surface area contributed by atoms with Gasteiger partial charge in [0.1, 0.15) is 11.5 Å². The average molecular weight is 342 g/mol. The van der Waals surface area contributed by atoms with Crippen LogP contribution in [0.15, 0.2) is 48.5 Å². The van der Waals surface area contributed by atoms with Gasteiger partial charge in [0.15, 0.2) is 6.10 Å². The fourth-order valence-electron chi connectivity index (χ4n) is 2.18. The zero-order valence-corrected chi connectivity index (χ0v) is 14.3.